The predicted molar refractivity (Wildman–Crippen MR) is 72.7 cm³/mol. The van der Waals surface area contributed by atoms with Crippen molar-refractivity contribution in [3.63, 3.8) is 0 Å². The third-order valence-corrected chi connectivity index (χ3v) is 4.29. The van der Waals surface area contributed by atoms with E-state index in [9.17, 15) is 0 Å². The number of furan rings is 1. The Morgan fingerprint density at radius 1 is 1.26 bits per heavy atom. The number of hydrogen-bond acceptors (Lipinski definition) is 4. The molecule has 19 heavy (non-hydrogen) atoms. The Morgan fingerprint density at radius 2 is 2.11 bits per heavy atom. The van der Waals surface area contributed by atoms with Crippen molar-refractivity contribution in [1.29, 1.82) is 0 Å². The summed E-state index contributed by atoms with van der Waals surface area (Å²) in [6.07, 6.45) is 4.35. The van der Waals surface area contributed by atoms with Crippen molar-refractivity contribution in [2.45, 2.75) is 38.5 Å². The van der Waals surface area contributed by atoms with E-state index in [1.54, 1.807) is 0 Å². The monoisotopic (exact) mass is 255 g/mol. The molecule has 0 radical (unpaired) electrons. The first-order chi connectivity index (χ1) is 9.22. The van der Waals surface area contributed by atoms with Gasteiger partial charge in [0.05, 0.1) is 0 Å². The van der Waals surface area contributed by atoms with Gasteiger partial charge in [0.1, 0.15) is 11.6 Å². The zero-order valence-corrected chi connectivity index (χ0v) is 11.0. The zero-order valence-electron chi connectivity index (χ0n) is 11.0. The van der Waals surface area contributed by atoms with Gasteiger partial charge in [0.15, 0.2) is 11.6 Å². The van der Waals surface area contributed by atoms with Gasteiger partial charge >= 0.3 is 0 Å². The van der Waals surface area contributed by atoms with Gasteiger partial charge in [0, 0.05) is 17.2 Å². The molecule has 0 aliphatic heterocycles. The third kappa shape index (κ3) is 1.74. The Kier molecular flexibility index (Phi) is 2.22. The Bertz CT molecular complexity index is 647. The van der Waals surface area contributed by atoms with Crippen LogP contribution in [0.15, 0.2) is 16.5 Å². The number of hydrogen-bond donors (Lipinski definition) is 1. The fourth-order valence-electron chi connectivity index (χ4n) is 2.96. The van der Waals surface area contributed by atoms with Gasteiger partial charge in [0.25, 0.3) is 0 Å². The van der Waals surface area contributed by atoms with E-state index < -0.39 is 0 Å². The van der Waals surface area contributed by atoms with Crippen LogP contribution in [-0.2, 0) is 12.8 Å². The van der Waals surface area contributed by atoms with Crippen LogP contribution in [0.5, 0.6) is 0 Å². The number of nitrogens with two attached hydrogens (primary N) is 1. The van der Waals surface area contributed by atoms with Crippen LogP contribution in [0.2, 0.25) is 0 Å². The molecule has 0 spiro atoms. The second kappa shape index (κ2) is 3.83. The normalized spacial score (nSPS) is 24.5. The first kappa shape index (κ1) is 11.0. The summed E-state index contributed by atoms with van der Waals surface area (Å²) in [6, 6.07) is 4.02. The molecule has 2 N–H and O–H groups in total. The number of fused-ring (bicyclic) bond motifs is 1. The fourth-order valence-corrected chi connectivity index (χ4v) is 2.96. The number of rotatable bonds is 2. The molecule has 0 saturated heterocycles. The van der Waals surface area contributed by atoms with Crippen molar-refractivity contribution in [3.05, 3.63) is 29.2 Å². The van der Waals surface area contributed by atoms with Crippen molar-refractivity contribution in [2.75, 3.05) is 5.73 Å². The summed E-state index contributed by atoms with van der Waals surface area (Å²) in [4.78, 5) is 9.01. The summed E-state index contributed by atoms with van der Waals surface area (Å²) in [6.45, 7) is 2.25. The molecule has 2 aromatic rings. The number of nitrogens with zero attached hydrogens (tertiary/aromatic N) is 2. The van der Waals surface area contributed by atoms with Crippen molar-refractivity contribution in [3.8, 4) is 11.6 Å². The molecule has 2 atom stereocenters. The molecule has 2 heterocycles. The van der Waals surface area contributed by atoms with Crippen LogP contribution in [0, 0.1) is 5.92 Å². The second-order valence-electron chi connectivity index (χ2n) is 5.73. The maximum atomic E-state index is 6.02. The Balaban J connectivity index is 1.72. The van der Waals surface area contributed by atoms with Crippen molar-refractivity contribution < 1.29 is 4.42 Å². The lowest BCUT2D eigenvalue weighted by Gasteiger charge is -2.04. The molecule has 2 unspecified atom stereocenters. The van der Waals surface area contributed by atoms with Crippen LogP contribution in [0.3, 0.4) is 0 Å². The minimum absolute atomic E-state index is 0.584. The van der Waals surface area contributed by atoms with Crippen LogP contribution in [0.1, 0.15) is 42.7 Å². The van der Waals surface area contributed by atoms with Gasteiger partial charge in [-0.1, -0.05) is 6.92 Å². The Labute approximate surface area is 112 Å². The highest BCUT2D eigenvalue weighted by Crippen LogP contribution is 2.47. The van der Waals surface area contributed by atoms with Crippen LogP contribution in [0.4, 0.5) is 5.82 Å². The largest absolute Gasteiger partial charge is 0.457 e. The highest BCUT2D eigenvalue weighted by atomic mass is 16.3. The first-order valence-electron chi connectivity index (χ1n) is 6.97. The van der Waals surface area contributed by atoms with Gasteiger partial charge in [-0.25, -0.2) is 9.97 Å². The average molecular weight is 255 g/mol. The van der Waals surface area contributed by atoms with E-state index >= 15 is 0 Å². The summed E-state index contributed by atoms with van der Waals surface area (Å²) in [5, 5.41) is 0. The lowest BCUT2D eigenvalue weighted by Crippen LogP contribution is -2.02. The van der Waals surface area contributed by atoms with Crippen molar-refractivity contribution in [1.82, 2.24) is 9.97 Å². The number of nitrogen functional groups attached to an aromatic ring is 1. The van der Waals surface area contributed by atoms with Crippen molar-refractivity contribution in [2.24, 2.45) is 5.92 Å². The van der Waals surface area contributed by atoms with E-state index in [1.165, 1.54) is 6.42 Å². The summed E-state index contributed by atoms with van der Waals surface area (Å²) >= 11 is 0. The highest BCUT2D eigenvalue weighted by Gasteiger charge is 2.36. The van der Waals surface area contributed by atoms with Crippen LogP contribution >= 0.6 is 0 Å². The lowest BCUT2D eigenvalue weighted by atomic mass is 10.2. The standard InChI is InChI=1S/C15H17N3O/c1-8-7-10(8)12-5-6-13(19-12)15-17-11-4-2-3-9(11)14(16)18-15/h5-6,8,10H,2-4,7H2,1H3,(H2,16,17,18). The Hall–Kier alpha value is -1.84. The van der Waals surface area contributed by atoms with Crippen LogP contribution in [0.25, 0.3) is 11.6 Å². The molecule has 2 aliphatic carbocycles. The van der Waals surface area contributed by atoms with Crippen LogP contribution in [-0.4, -0.2) is 9.97 Å². The highest BCUT2D eigenvalue weighted by molar-refractivity contribution is 5.55. The lowest BCUT2D eigenvalue weighted by molar-refractivity contribution is 0.515. The predicted octanol–water partition coefficient (Wildman–Crippen LogP) is 2.93. The SMILES string of the molecule is CC1CC1c1ccc(-c2nc(N)c3c(n2)CCC3)o1. The number of aryl methyl sites for hydroxylation is 1. The molecule has 2 aliphatic rings. The van der Waals surface area contributed by atoms with E-state index in [4.69, 9.17) is 10.2 Å². The van der Waals surface area contributed by atoms with E-state index in [0.717, 1.165) is 48.0 Å². The second-order valence-corrected chi connectivity index (χ2v) is 5.73. The van der Waals surface area contributed by atoms with Gasteiger partial charge in [-0.05, 0) is 43.7 Å². The Morgan fingerprint density at radius 3 is 2.89 bits per heavy atom. The van der Waals surface area contributed by atoms with Gasteiger partial charge in [-0.2, -0.15) is 0 Å². The molecule has 1 saturated carbocycles. The van der Waals surface area contributed by atoms with Gasteiger partial charge in [0.2, 0.25) is 0 Å². The molecular weight excluding hydrogens is 238 g/mol. The van der Waals surface area contributed by atoms with E-state index in [-0.39, 0.29) is 0 Å². The smallest absolute Gasteiger partial charge is 0.197 e. The molecule has 4 rings (SSSR count). The fraction of sp³-hybridized carbons (Fsp3) is 0.467. The van der Waals surface area contributed by atoms with Gasteiger partial charge in [-0.15, -0.1) is 0 Å². The summed E-state index contributed by atoms with van der Waals surface area (Å²) in [5.41, 5.74) is 8.25. The summed E-state index contributed by atoms with van der Waals surface area (Å²) in [5.74, 6) is 4.39. The van der Waals surface area contributed by atoms with Crippen molar-refractivity contribution >= 4 is 5.82 Å². The first-order valence-corrected chi connectivity index (χ1v) is 6.97. The average Bonchev–Trinajstić information content (AvgIpc) is 2.88. The molecular formula is C15H17N3O. The summed E-state index contributed by atoms with van der Waals surface area (Å²) < 4.78 is 5.90. The molecule has 4 nitrogen and oxygen atoms in total. The number of aromatic nitrogens is 2. The molecule has 0 amide bonds. The van der Waals surface area contributed by atoms with Crippen LogP contribution < -0.4 is 5.73 Å². The van der Waals surface area contributed by atoms with Gasteiger partial charge < -0.3 is 10.2 Å². The van der Waals surface area contributed by atoms with Gasteiger partial charge in [-0.3, -0.25) is 0 Å². The number of anilines is 1. The minimum atomic E-state index is 0.584. The maximum Gasteiger partial charge on any atom is 0.197 e. The zero-order chi connectivity index (χ0) is 13.0. The molecule has 0 bridgehead atoms. The third-order valence-electron chi connectivity index (χ3n) is 4.29. The topological polar surface area (TPSA) is 64.9 Å². The summed E-state index contributed by atoms with van der Waals surface area (Å²) in [7, 11) is 0. The molecule has 4 heteroatoms. The van der Waals surface area contributed by atoms with E-state index in [2.05, 4.69) is 23.0 Å². The molecule has 0 aromatic carbocycles. The quantitative estimate of drug-likeness (QED) is 0.896. The molecule has 98 valence electrons. The maximum absolute atomic E-state index is 6.02. The van der Waals surface area contributed by atoms with E-state index in [0.29, 0.717) is 17.6 Å². The molecule has 2 aromatic heterocycles. The van der Waals surface area contributed by atoms with E-state index in [1.807, 2.05) is 6.07 Å². The molecule has 1 fully saturated rings. The minimum Gasteiger partial charge on any atom is -0.457 e.